The number of nitrogens with zero attached hydrogens (tertiary/aromatic N) is 3. The Kier molecular flexibility index (Phi) is 6.51. The summed E-state index contributed by atoms with van der Waals surface area (Å²) in [6, 6.07) is 19.0. The normalized spacial score (nSPS) is 18.7. The first kappa shape index (κ1) is 23.9. The summed E-state index contributed by atoms with van der Waals surface area (Å²) in [5.74, 6) is 1.49. The molecule has 37 heavy (non-hydrogen) atoms. The number of rotatable bonds is 6. The van der Waals surface area contributed by atoms with Crippen molar-refractivity contribution in [3.63, 3.8) is 0 Å². The number of phenolic OH excluding ortho intramolecular Hbond substituents is 1. The minimum atomic E-state index is -0.292. The van der Waals surface area contributed by atoms with Gasteiger partial charge in [-0.25, -0.2) is 9.37 Å². The zero-order valence-electron chi connectivity index (χ0n) is 20.9. The fraction of sp³-hybridized carbons (Fsp3) is 0.355. The van der Waals surface area contributed by atoms with Crippen LogP contribution in [0.5, 0.6) is 5.75 Å². The first-order chi connectivity index (χ1) is 18.0. The van der Waals surface area contributed by atoms with Crippen LogP contribution in [0.3, 0.4) is 0 Å². The highest BCUT2D eigenvalue weighted by Gasteiger charge is 2.27. The molecule has 1 aliphatic heterocycles. The molecule has 2 aliphatic rings. The van der Waals surface area contributed by atoms with Gasteiger partial charge in [0.05, 0.1) is 16.5 Å². The summed E-state index contributed by atoms with van der Waals surface area (Å²) < 4.78 is 15.2. The third-order valence-electron chi connectivity index (χ3n) is 8.06. The number of hydrogen-bond acceptors (Lipinski definition) is 4. The first-order valence-electron chi connectivity index (χ1n) is 13.4. The van der Waals surface area contributed by atoms with Gasteiger partial charge in [0.2, 0.25) is 0 Å². The summed E-state index contributed by atoms with van der Waals surface area (Å²) in [4.78, 5) is 21.5. The second-order valence-corrected chi connectivity index (χ2v) is 10.7. The lowest BCUT2D eigenvalue weighted by Gasteiger charge is -2.37. The van der Waals surface area contributed by atoms with Crippen LogP contribution in [-0.4, -0.2) is 39.2 Å². The van der Waals surface area contributed by atoms with E-state index in [2.05, 4.69) is 4.90 Å². The summed E-state index contributed by atoms with van der Waals surface area (Å²) in [7, 11) is 0. The van der Waals surface area contributed by atoms with Crippen LogP contribution in [0.25, 0.3) is 33.4 Å². The van der Waals surface area contributed by atoms with E-state index >= 15 is 0 Å². The topological polar surface area (TPSA) is 58.4 Å². The Hall–Kier alpha value is -3.51. The van der Waals surface area contributed by atoms with E-state index in [0.717, 1.165) is 49.5 Å². The molecular formula is C31H32FN3O2. The van der Waals surface area contributed by atoms with Crippen molar-refractivity contribution in [2.45, 2.75) is 38.6 Å². The van der Waals surface area contributed by atoms with E-state index in [4.69, 9.17) is 4.98 Å². The van der Waals surface area contributed by atoms with Gasteiger partial charge in [0, 0.05) is 19.6 Å². The van der Waals surface area contributed by atoms with Crippen LogP contribution < -0.4 is 5.56 Å². The van der Waals surface area contributed by atoms with Crippen molar-refractivity contribution in [3.05, 3.63) is 82.9 Å². The highest BCUT2D eigenvalue weighted by atomic mass is 19.1. The van der Waals surface area contributed by atoms with Gasteiger partial charge in [0.25, 0.3) is 5.56 Å². The van der Waals surface area contributed by atoms with Gasteiger partial charge in [-0.2, -0.15) is 0 Å². The Labute approximate surface area is 216 Å². The quantitative estimate of drug-likeness (QED) is 0.350. The van der Waals surface area contributed by atoms with Crippen LogP contribution in [0.2, 0.25) is 0 Å². The van der Waals surface area contributed by atoms with Crippen molar-refractivity contribution < 1.29 is 9.50 Å². The number of para-hydroxylation sites is 1. The smallest absolute Gasteiger partial charge is 0.261 e. The number of aromatic nitrogens is 2. The van der Waals surface area contributed by atoms with E-state index in [1.807, 2.05) is 30.3 Å². The fourth-order valence-electron chi connectivity index (χ4n) is 5.85. The number of piperidine rings is 1. The number of phenols is 1. The maximum atomic E-state index is 14.0. The van der Waals surface area contributed by atoms with Crippen molar-refractivity contribution in [1.29, 1.82) is 0 Å². The van der Waals surface area contributed by atoms with E-state index in [9.17, 15) is 14.3 Å². The van der Waals surface area contributed by atoms with E-state index in [1.165, 1.54) is 31.4 Å². The lowest BCUT2D eigenvalue weighted by atomic mass is 9.84. The monoisotopic (exact) mass is 497 g/mol. The number of halogens is 1. The Morgan fingerprint density at radius 3 is 2.41 bits per heavy atom. The van der Waals surface area contributed by atoms with Crippen LogP contribution in [-0.2, 0) is 6.54 Å². The number of aromatic hydroxyl groups is 1. The Morgan fingerprint density at radius 1 is 0.892 bits per heavy atom. The van der Waals surface area contributed by atoms with Crippen LogP contribution in [0.4, 0.5) is 4.39 Å². The van der Waals surface area contributed by atoms with Crippen LogP contribution >= 0.6 is 0 Å². The van der Waals surface area contributed by atoms with Gasteiger partial charge in [-0.3, -0.25) is 9.36 Å². The van der Waals surface area contributed by atoms with Crippen molar-refractivity contribution in [3.8, 4) is 28.3 Å². The molecule has 0 spiro atoms. The number of likely N-dealkylation sites (tertiary alicyclic amines) is 1. The molecule has 2 fully saturated rings. The first-order valence-corrected chi connectivity index (χ1v) is 13.4. The standard InChI is InChI=1S/C31H32FN3O2/c32-25-13-10-23(11-14-25)24-12-15-28-27(17-24)31(37)35(30(33-28)26-8-1-2-9-29(26)36)20-22-7-4-16-34(19-22)18-21-5-3-6-21/h1-2,8-15,17,21-22,36H,3-7,16,18-20H2. The summed E-state index contributed by atoms with van der Waals surface area (Å²) in [5, 5.41) is 11.2. The van der Waals surface area contributed by atoms with Crippen LogP contribution in [0.15, 0.2) is 71.5 Å². The number of fused-ring (bicyclic) bond motifs is 1. The van der Waals surface area contributed by atoms with Crippen molar-refractivity contribution in [2.24, 2.45) is 11.8 Å². The molecule has 3 aromatic carbocycles. The largest absolute Gasteiger partial charge is 0.507 e. The molecule has 6 heteroatoms. The third kappa shape index (κ3) is 4.90. The minimum Gasteiger partial charge on any atom is -0.507 e. The van der Waals surface area contributed by atoms with Gasteiger partial charge in [-0.05, 0) is 91.6 Å². The molecule has 1 aliphatic carbocycles. The Morgan fingerprint density at radius 2 is 1.65 bits per heavy atom. The highest BCUT2D eigenvalue weighted by Crippen LogP contribution is 2.32. The van der Waals surface area contributed by atoms with Crippen molar-refractivity contribution in [1.82, 2.24) is 14.5 Å². The molecule has 6 rings (SSSR count). The van der Waals surface area contributed by atoms with E-state index in [1.54, 1.807) is 28.8 Å². The molecule has 1 unspecified atom stereocenters. The van der Waals surface area contributed by atoms with Gasteiger partial charge < -0.3 is 10.0 Å². The predicted molar refractivity (Wildman–Crippen MR) is 145 cm³/mol. The predicted octanol–water partition coefficient (Wildman–Crippen LogP) is 6.09. The number of benzene rings is 3. The Balaban J connectivity index is 1.41. The molecule has 1 saturated carbocycles. The molecular weight excluding hydrogens is 465 g/mol. The second-order valence-electron chi connectivity index (χ2n) is 10.7. The van der Waals surface area contributed by atoms with Gasteiger partial charge in [-0.15, -0.1) is 0 Å². The SMILES string of the molecule is O=c1c2cc(-c3ccc(F)cc3)ccc2nc(-c2ccccc2O)n1CC1CCCN(CC2CCC2)C1. The molecule has 0 amide bonds. The summed E-state index contributed by atoms with van der Waals surface area (Å²) in [6.07, 6.45) is 6.23. The van der Waals surface area contributed by atoms with E-state index in [-0.39, 0.29) is 17.1 Å². The lowest BCUT2D eigenvalue weighted by Crippen LogP contribution is -2.42. The summed E-state index contributed by atoms with van der Waals surface area (Å²) in [6.45, 7) is 3.84. The molecule has 1 saturated heterocycles. The minimum absolute atomic E-state index is 0.108. The maximum Gasteiger partial charge on any atom is 0.261 e. The average Bonchev–Trinajstić information content (AvgIpc) is 2.89. The molecule has 5 nitrogen and oxygen atoms in total. The average molecular weight is 498 g/mol. The van der Waals surface area contributed by atoms with Gasteiger partial charge >= 0.3 is 0 Å². The second kappa shape index (κ2) is 10.1. The summed E-state index contributed by atoms with van der Waals surface area (Å²) in [5.41, 5.74) is 2.73. The highest BCUT2D eigenvalue weighted by molar-refractivity contribution is 5.85. The van der Waals surface area contributed by atoms with Gasteiger partial charge in [0.15, 0.2) is 0 Å². The number of hydrogen-bond donors (Lipinski definition) is 1. The molecule has 0 radical (unpaired) electrons. The third-order valence-corrected chi connectivity index (χ3v) is 8.06. The van der Waals surface area contributed by atoms with Crippen LogP contribution in [0, 0.1) is 17.7 Å². The molecule has 1 aromatic heterocycles. The molecule has 2 heterocycles. The van der Waals surface area contributed by atoms with Gasteiger partial charge in [-0.1, -0.05) is 36.8 Å². The molecule has 1 N–H and O–H groups in total. The zero-order valence-corrected chi connectivity index (χ0v) is 20.9. The summed E-state index contributed by atoms with van der Waals surface area (Å²) >= 11 is 0. The van der Waals surface area contributed by atoms with Gasteiger partial charge in [0.1, 0.15) is 17.4 Å². The van der Waals surface area contributed by atoms with E-state index in [0.29, 0.717) is 34.8 Å². The maximum absolute atomic E-state index is 14.0. The lowest BCUT2D eigenvalue weighted by molar-refractivity contribution is 0.117. The van der Waals surface area contributed by atoms with E-state index < -0.39 is 0 Å². The molecule has 1 atom stereocenters. The Bertz CT molecular complexity index is 1480. The molecule has 0 bridgehead atoms. The van der Waals surface area contributed by atoms with Crippen molar-refractivity contribution in [2.75, 3.05) is 19.6 Å². The molecule has 190 valence electrons. The van der Waals surface area contributed by atoms with Crippen LogP contribution in [0.1, 0.15) is 32.1 Å². The fourth-order valence-corrected chi connectivity index (χ4v) is 5.85. The molecule has 4 aromatic rings. The van der Waals surface area contributed by atoms with Crippen molar-refractivity contribution >= 4 is 10.9 Å². The zero-order chi connectivity index (χ0) is 25.4.